The lowest BCUT2D eigenvalue weighted by atomic mass is 10.1. The lowest BCUT2D eigenvalue weighted by Gasteiger charge is -2.25. The van der Waals surface area contributed by atoms with E-state index in [9.17, 15) is 0 Å². The van der Waals surface area contributed by atoms with Crippen LogP contribution in [0.1, 0.15) is 23.7 Å². The van der Waals surface area contributed by atoms with Crippen molar-refractivity contribution in [2.45, 2.75) is 26.8 Å². The molecule has 0 atom stereocenters. The van der Waals surface area contributed by atoms with Crippen LogP contribution in [0.5, 0.6) is 0 Å². The third-order valence-electron chi connectivity index (χ3n) is 3.52. The third kappa shape index (κ3) is 3.10. The molecule has 1 heterocycles. The summed E-state index contributed by atoms with van der Waals surface area (Å²) in [6.07, 6.45) is 2.90. The van der Waals surface area contributed by atoms with Crippen LogP contribution in [-0.2, 0) is 13.0 Å². The zero-order valence-corrected chi connectivity index (χ0v) is 12.8. The van der Waals surface area contributed by atoms with E-state index in [1.54, 1.807) is 0 Å². The van der Waals surface area contributed by atoms with Gasteiger partial charge in [-0.15, -0.1) is 0 Å². The minimum Gasteiger partial charge on any atom is -0.386 e. The van der Waals surface area contributed by atoms with Crippen LogP contribution in [0.2, 0.25) is 0 Å². The van der Waals surface area contributed by atoms with Gasteiger partial charge in [0.2, 0.25) is 0 Å². The van der Waals surface area contributed by atoms with E-state index in [2.05, 4.69) is 60.4 Å². The second-order valence-corrected chi connectivity index (χ2v) is 5.10. The maximum atomic E-state index is 4.45. The molecule has 0 radical (unpaired) electrons. The van der Waals surface area contributed by atoms with Crippen molar-refractivity contribution in [2.75, 3.05) is 24.3 Å². The van der Waals surface area contributed by atoms with Gasteiger partial charge in [-0.3, -0.25) is 4.98 Å². The molecule has 0 aliphatic rings. The Bertz CT molecular complexity index is 556. The number of pyridine rings is 1. The predicted molar refractivity (Wildman–Crippen MR) is 86.4 cm³/mol. The van der Waals surface area contributed by atoms with Crippen molar-refractivity contribution < 1.29 is 0 Å². The number of hydrogen-bond donors (Lipinski definition) is 1. The average molecular weight is 269 g/mol. The summed E-state index contributed by atoms with van der Waals surface area (Å²) in [5.74, 6) is 0. The van der Waals surface area contributed by atoms with E-state index in [1.807, 2.05) is 19.3 Å². The molecule has 0 amide bonds. The van der Waals surface area contributed by atoms with E-state index in [0.29, 0.717) is 0 Å². The molecule has 1 aromatic carbocycles. The van der Waals surface area contributed by atoms with Crippen LogP contribution < -0.4 is 10.2 Å². The summed E-state index contributed by atoms with van der Waals surface area (Å²) < 4.78 is 0. The number of rotatable bonds is 5. The lowest BCUT2D eigenvalue weighted by Crippen LogP contribution is -2.20. The number of hydrogen-bond acceptors (Lipinski definition) is 3. The van der Waals surface area contributed by atoms with Crippen LogP contribution >= 0.6 is 0 Å². The molecule has 1 aromatic heterocycles. The van der Waals surface area contributed by atoms with Gasteiger partial charge < -0.3 is 10.2 Å². The number of anilines is 2. The molecule has 20 heavy (non-hydrogen) atoms. The molecule has 106 valence electrons. The molecular weight excluding hydrogens is 246 g/mol. The van der Waals surface area contributed by atoms with Crippen molar-refractivity contribution in [3.63, 3.8) is 0 Å². The Morgan fingerprint density at radius 3 is 2.70 bits per heavy atom. The molecule has 0 saturated carbocycles. The smallest absolute Gasteiger partial charge is 0.0635 e. The van der Waals surface area contributed by atoms with Gasteiger partial charge in [-0.05, 0) is 42.7 Å². The minimum atomic E-state index is 0.813. The quantitative estimate of drug-likeness (QED) is 0.898. The van der Waals surface area contributed by atoms with E-state index in [4.69, 9.17) is 0 Å². The van der Waals surface area contributed by atoms with Crippen LogP contribution in [0, 0.1) is 6.92 Å². The van der Waals surface area contributed by atoms with Crippen LogP contribution in [0.25, 0.3) is 0 Å². The van der Waals surface area contributed by atoms with Gasteiger partial charge in [-0.2, -0.15) is 0 Å². The van der Waals surface area contributed by atoms with Crippen LogP contribution in [0.4, 0.5) is 11.4 Å². The zero-order chi connectivity index (χ0) is 14.5. The lowest BCUT2D eigenvalue weighted by molar-refractivity contribution is 0.873. The SMILES string of the molecule is CCc1cccc(NC)c1N(C)Cc1cc(C)ccn1. The molecule has 0 unspecified atom stereocenters. The Hall–Kier alpha value is -2.03. The molecule has 0 fully saturated rings. The molecule has 2 aromatic rings. The largest absolute Gasteiger partial charge is 0.386 e. The fraction of sp³-hybridized carbons (Fsp3) is 0.353. The number of para-hydroxylation sites is 1. The molecule has 1 N–H and O–H groups in total. The van der Waals surface area contributed by atoms with Gasteiger partial charge >= 0.3 is 0 Å². The predicted octanol–water partition coefficient (Wildman–Crippen LogP) is 3.63. The fourth-order valence-corrected chi connectivity index (χ4v) is 2.54. The van der Waals surface area contributed by atoms with E-state index in [-0.39, 0.29) is 0 Å². The van der Waals surface area contributed by atoms with Crippen molar-refractivity contribution in [3.05, 3.63) is 53.3 Å². The Morgan fingerprint density at radius 2 is 2.05 bits per heavy atom. The summed E-state index contributed by atoms with van der Waals surface area (Å²) in [7, 11) is 4.09. The first-order chi connectivity index (χ1) is 9.65. The highest BCUT2D eigenvalue weighted by atomic mass is 15.1. The highest BCUT2D eigenvalue weighted by Gasteiger charge is 2.12. The Morgan fingerprint density at radius 1 is 1.25 bits per heavy atom. The highest BCUT2D eigenvalue weighted by Crippen LogP contribution is 2.30. The summed E-state index contributed by atoms with van der Waals surface area (Å²) in [5, 5.41) is 3.29. The van der Waals surface area contributed by atoms with Crippen LogP contribution in [0.3, 0.4) is 0 Å². The van der Waals surface area contributed by atoms with Gasteiger partial charge in [-0.25, -0.2) is 0 Å². The van der Waals surface area contributed by atoms with Gasteiger partial charge in [-0.1, -0.05) is 19.1 Å². The van der Waals surface area contributed by atoms with Gasteiger partial charge in [0.05, 0.1) is 23.6 Å². The van der Waals surface area contributed by atoms with Crippen molar-refractivity contribution in [1.82, 2.24) is 4.98 Å². The average Bonchev–Trinajstić information content (AvgIpc) is 2.46. The zero-order valence-electron chi connectivity index (χ0n) is 12.8. The summed E-state index contributed by atoms with van der Waals surface area (Å²) in [6.45, 7) is 5.11. The maximum Gasteiger partial charge on any atom is 0.0635 e. The molecule has 0 aliphatic heterocycles. The van der Waals surface area contributed by atoms with Gasteiger partial charge in [0.15, 0.2) is 0 Å². The van der Waals surface area contributed by atoms with Gasteiger partial charge in [0, 0.05) is 20.3 Å². The molecule has 3 nitrogen and oxygen atoms in total. The Labute approximate surface area is 121 Å². The second kappa shape index (κ2) is 6.42. The number of benzene rings is 1. The van der Waals surface area contributed by atoms with Crippen LogP contribution in [-0.4, -0.2) is 19.1 Å². The van der Waals surface area contributed by atoms with Crippen molar-refractivity contribution in [2.24, 2.45) is 0 Å². The van der Waals surface area contributed by atoms with E-state index in [1.165, 1.54) is 22.5 Å². The monoisotopic (exact) mass is 269 g/mol. The van der Waals surface area contributed by atoms with Crippen molar-refractivity contribution in [1.29, 1.82) is 0 Å². The van der Waals surface area contributed by atoms with Gasteiger partial charge in [0.25, 0.3) is 0 Å². The molecule has 0 spiro atoms. The first kappa shape index (κ1) is 14.4. The standard InChI is InChI=1S/C17H23N3/c1-5-14-7-6-8-16(18-3)17(14)20(4)12-15-11-13(2)9-10-19-15/h6-11,18H,5,12H2,1-4H3. The number of aryl methyl sites for hydroxylation is 2. The number of nitrogens with zero attached hydrogens (tertiary/aromatic N) is 2. The molecule has 3 heteroatoms. The number of nitrogens with one attached hydrogen (secondary N) is 1. The Balaban J connectivity index is 2.31. The van der Waals surface area contributed by atoms with Crippen molar-refractivity contribution in [3.8, 4) is 0 Å². The number of aromatic nitrogens is 1. The Kier molecular flexibility index (Phi) is 4.61. The summed E-state index contributed by atoms with van der Waals surface area (Å²) >= 11 is 0. The van der Waals surface area contributed by atoms with Crippen molar-refractivity contribution >= 4 is 11.4 Å². The molecule has 0 saturated heterocycles. The minimum absolute atomic E-state index is 0.813. The summed E-state index contributed by atoms with van der Waals surface area (Å²) in [4.78, 5) is 6.72. The first-order valence-corrected chi connectivity index (χ1v) is 7.08. The fourth-order valence-electron chi connectivity index (χ4n) is 2.54. The van der Waals surface area contributed by atoms with E-state index < -0.39 is 0 Å². The summed E-state index contributed by atoms with van der Waals surface area (Å²) in [5.41, 5.74) is 6.13. The van der Waals surface area contributed by atoms with E-state index >= 15 is 0 Å². The highest BCUT2D eigenvalue weighted by molar-refractivity contribution is 5.73. The topological polar surface area (TPSA) is 28.2 Å². The normalized spacial score (nSPS) is 10.4. The molecular formula is C17H23N3. The molecule has 2 rings (SSSR count). The third-order valence-corrected chi connectivity index (χ3v) is 3.52. The summed E-state index contributed by atoms with van der Waals surface area (Å²) in [6, 6.07) is 10.6. The van der Waals surface area contributed by atoms with Crippen LogP contribution in [0.15, 0.2) is 36.5 Å². The maximum absolute atomic E-state index is 4.45. The molecule has 0 bridgehead atoms. The van der Waals surface area contributed by atoms with E-state index in [0.717, 1.165) is 18.7 Å². The molecule has 0 aliphatic carbocycles. The van der Waals surface area contributed by atoms with Gasteiger partial charge in [0.1, 0.15) is 0 Å². The second-order valence-electron chi connectivity index (χ2n) is 5.10. The first-order valence-electron chi connectivity index (χ1n) is 7.08.